The Bertz CT molecular complexity index is 1210. The first-order valence-corrected chi connectivity index (χ1v) is 10.3. The van der Waals surface area contributed by atoms with Gasteiger partial charge in [-0.15, -0.1) is 0 Å². The van der Waals surface area contributed by atoms with E-state index in [1.165, 1.54) is 5.56 Å². The van der Waals surface area contributed by atoms with Crippen LogP contribution in [0.1, 0.15) is 33.5 Å². The number of amides is 1. The van der Waals surface area contributed by atoms with Crippen LogP contribution in [0.2, 0.25) is 0 Å². The molecule has 0 saturated carbocycles. The van der Waals surface area contributed by atoms with Gasteiger partial charge < -0.3 is 19.2 Å². The van der Waals surface area contributed by atoms with Crippen LogP contribution in [-0.4, -0.2) is 35.9 Å². The van der Waals surface area contributed by atoms with Crippen LogP contribution in [0.25, 0.3) is 11.0 Å². The van der Waals surface area contributed by atoms with Crippen LogP contribution in [0.5, 0.6) is 5.75 Å². The minimum absolute atomic E-state index is 0.241. The smallest absolute Gasteiger partial charge is 0.287 e. The van der Waals surface area contributed by atoms with E-state index in [1.54, 1.807) is 19.2 Å². The van der Waals surface area contributed by atoms with Gasteiger partial charge in [0.15, 0.2) is 17.1 Å². The van der Waals surface area contributed by atoms with Gasteiger partial charge in [0.1, 0.15) is 6.10 Å². The molecule has 5 rings (SSSR count). The SMILES string of the molecule is COc1cccc2cc(C(=O)NC[C@H]3OCCc4cn(Cc5ccccc5)nc43)oc12. The van der Waals surface area contributed by atoms with Crippen LogP contribution in [0.3, 0.4) is 0 Å². The summed E-state index contributed by atoms with van der Waals surface area (Å²) >= 11 is 0. The molecule has 1 aliphatic heterocycles. The molecule has 1 aliphatic rings. The van der Waals surface area contributed by atoms with E-state index in [2.05, 4.69) is 23.6 Å². The topological polar surface area (TPSA) is 78.5 Å². The third-order valence-electron chi connectivity index (χ3n) is 5.45. The molecular formula is C24H23N3O4. The number of benzene rings is 2. The molecule has 1 N–H and O–H groups in total. The minimum Gasteiger partial charge on any atom is -0.493 e. The molecule has 4 aromatic rings. The van der Waals surface area contributed by atoms with E-state index >= 15 is 0 Å². The van der Waals surface area contributed by atoms with Crippen LogP contribution in [0, 0.1) is 0 Å². The number of furan rings is 1. The Labute approximate surface area is 179 Å². The molecule has 0 radical (unpaired) electrons. The highest BCUT2D eigenvalue weighted by molar-refractivity contribution is 5.97. The van der Waals surface area contributed by atoms with Gasteiger partial charge in [-0.3, -0.25) is 9.48 Å². The number of ether oxygens (including phenoxy) is 2. The molecule has 0 saturated heterocycles. The van der Waals surface area contributed by atoms with Crippen LogP contribution in [0.15, 0.2) is 65.2 Å². The number of fused-ring (bicyclic) bond motifs is 2. The predicted octanol–water partition coefficient (Wildman–Crippen LogP) is 3.73. The Hall–Kier alpha value is -3.58. The molecule has 3 heterocycles. The fourth-order valence-corrected chi connectivity index (χ4v) is 3.92. The Morgan fingerprint density at radius 1 is 1.23 bits per heavy atom. The number of hydrogen-bond acceptors (Lipinski definition) is 5. The van der Waals surface area contributed by atoms with Gasteiger partial charge in [-0.1, -0.05) is 42.5 Å². The second-order valence-electron chi connectivity index (χ2n) is 7.53. The Kier molecular flexibility index (Phi) is 5.18. The van der Waals surface area contributed by atoms with E-state index in [0.717, 1.165) is 23.1 Å². The first-order chi connectivity index (χ1) is 15.2. The van der Waals surface area contributed by atoms with Crippen LogP contribution < -0.4 is 10.1 Å². The lowest BCUT2D eigenvalue weighted by Crippen LogP contribution is -2.31. The quantitative estimate of drug-likeness (QED) is 0.517. The molecule has 0 fully saturated rings. The fourth-order valence-electron chi connectivity index (χ4n) is 3.92. The molecule has 7 heteroatoms. The maximum absolute atomic E-state index is 12.7. The first kappa shape index (κ1) is 19.4. The highest BCUT2D eigenvalue weighted by Gasteiger charge is 2.26. The molecule has 158 valence electrons. The zero-order chi connectivity index (χ0) is 21.2. The summed E-state index contributed by atoms with van der Waals surface area (Å²) in [5, 5.41) is 8.47. The zero-order valence-corrected chi connectivity index (χ0v) is 17.2. The summed E-state index contributed by atoms with van der Waals surface area (Å²) in [4.78, 5) is 12.7. The van der Waals surface area contributed by atoms with E-state index in [9.17, 15) is 4.79 Å². The lowest BCUT2D eigenvalue weighted by molar-refractivity contribution is 0.0380. The average molecular weight is 417 g/mol. The highest BCUT2D eigenvalue weighted by atomic mass is 16.5. The third-order valence-corrected chi connectivity index (χ3v) is 5.45. The average Bonchev–Trinajstić information content (AvgIpc) is 3.42. The summed E-state index contributed by atoms with van der Waals surface area (Å²) < 4.78 is 18.9. The lowest BCUT2D eigenvalue weighted by atomic mass is 10.1. The molecule has 0 bridgehead atoms. The normalized spacial score (nSPS) is 15.6. The number of methoxy groups -OCH3 is 1. The Balaban J connectivity index is 1.29. The van der Waals surface area contributed by atoms with Gasteiger partial charge in [0, 0.05) is 18.1 Å². The molecule has 31 heavy (non-hydrogen) atoms. The van der Waals surface area contributed by atoms with Crippen LogP contribution in [-0.2, 0) is 17.7 Å². The lowest BCUT2D eigenvalue weighted by Gasteiger charge is -2.22. The van der Waals surface area contributed by atoms with Crippen molar-refractivity contribution in [2.75, 3.05) is 20.3 Å². The number of carbonyl (C=O) groups is 1. The maximum atomic E-state index is 12.7. The summed E-state index contributed by atoms with van der Waals surface area (Å²) in [6.07, 6.45) is 2.60. The largest absolute Gasteiger partial charge is 0.493 e. The number of rotatable bonds is 6. The first-order valence-electron chi connectivity index (χ1n) is 10.3. The second kappa shape index (κ2) is 8.28. The van der Waals surface area contributed by atoms with Crippen LogP contribution in [0.4, 0.5) is 0 Å². The van der Waals surface area contributed by atoms with E-state index in [1.807, 2.05) is 35.0 Å². The minimum atomic E-state index is -0.294. The van der Waals surface area contributed by atoms with E-state index in [4.69, 9.17) is 19.0 Å². The fraction of sp³-hybridized carbons (Fsp3) is 0.250. The predicted molar refractivity (Wildman–Crippen MR) is 115 cm³/mol. The number of carbonyl (C=O) groups excluding carboxylic acids is 1. The van der Waals surface area contributed by atoms with Crippen molar-refractivity contribution in [3.63, 3.8) is 0 Å². The van der Waals surface area contributed by atoms with Crippen molar-refractivity contribution in [2.45, 2.75) is 19.1 Å². The highest BCUT2D eigenvalue weighted by Crippen LogP contribution is 2.29. The van der Waals surface area contributed by atoms with Gasteiger partial charge in [-0.25, -0.2) is 0 Å². The molecule has 0 unspecified atom stereocenters. The number of nitrogens with zero attached hydrogens (tertiary/aromatic N) is 2. The molecule has 1 atom stereocenters. The molecular weight excluding hydrogens is 394 g/mol. The molecule has 7 nitrogen and oxygen atoms in total. The summed E-state index contributed by atoms with van der Waals surface area (Å²) in [6, 6.07) is 17.5. The summed E-state index contributed by atoms with van der Waals surface area (Å²) in [5.41, 5.74) is 3.79. The summed E-state index contributed by atoms with van der Waals surface area (Å²) in [6.45, 7) is 1.63. The van der Waals surface area contributed by atoms with Crippen molar-refractivity contribution in [1.82, 2.24) is 15.1 Å². The van der Waals surface area contributed by atoms with Crippen molar-refractivity contribution in [3.05, 3.63) is 83.4 Å². The third kappa shape index (κ3) is 3.92. The molecule has 2 aromatic heterocycles. The summed E-state index contributed by atoms with van der Waals surface area (Å²) in [7, 11) is 1.58. The van der Waals surface area contributed by atoms with E-state index in [-0.39, 0.29) is 17.8 Å². The number of para-hydroxylation sites is 1. The number of hydrogen-bond donors (Lipinski definition) is 1. The number of nitrogens with one attached hydrogen (secondary N) is 1. The molecule has 1 amide bonds. The van der Waals surface area contributed by atoms with Gasteiger partial charge in [0.25, 0.3) is 5.91 Å². The van der Waals surface area contributed by atoms with Crippen LogP contribution >= 0.6 is 0 Å². The van der Waals surface area contributed by atoms with Gasteiger partial charge >= 0.3 is 0 Å². The van der Waals surface area contributed by atoms with Crippen molar-refractivity contribution < 1.29 is 18.7 Å². The summed E-state index contributed by atoms with van der Waals surface area (Å²) in [5.74, 6) is 0.545. The molecule has 2 aromatic carbocycles. The van der Waals surface area contributed by atoms with Gasteiger partial charge in [0.2, 0.25) is 0 Å². The zero-order valence-electron chi connectivity index (χ0n) is 17.2. The van der Waals surface area contributed by atoms with E-state index in [0.29, 0.717) is 31.0 Å². The van der Waals surface area contributed by atoms with Crippen molar-refractivity contribution in [1.29, 1.82) is 0 Å². The van der Waals surface area contributed by atoms with Gasteiger partial charge in [-0.05, 0) is 29.7 Å². The Morgan fingerprint density at radius 3 is 2.94 bits per heavy atom. The van der Waals surface area contributed by atoms with Crippen molar-refractivity contribution in [3.8, 4) is 5.75 Å². The maximum Gasteiger partial charge on any atom is 0.287 e. The monoisotopic (exact) mass is 417 g/mol. The molecule has 0 spiro atoms. The van der Waals surface area contributed by atoms with Gasteiger partial charge in [0.05, 0.1) is 26.0 Å². The second-order valence-corrected chi connectivity index (χ2v) is 7.53. The van der Waals surface area contributed by atoms with Gasteiger partial charge in [-0.2, -0.15) is 5.10 Å². The standard InChI is InChI=1S/C24H23N3O4/c1-29-19-9-5-8-17-12-20(31-23(17)19)24(28)25-13-21-22-18(10-11-30-21)15-27(26-22)14-16-6-3-2-4-7-16/h2-9,12,15,21H,10-11,13-14H2,1H3,(H,25,28)/t21-/m1/s1. The number of aromatic nitrogens is 2. The van der Waals surface area contributed by atoms with Crippen molar-refractivity contribution in [2.24, 2.45) is 0 Å². The van der Waals surface area contributed by atoms with Crippen molar-refractivity contribution >= 4 is 16.9 Å². The van der Waals surface area contributed by atoms with E-state index < -0.39 is 0 Å². The molecule has 0 aliphatic carbocycles. The Morgan fingerprint density at radius 2 is 2.10 bits per heavy atom.